The Bertz CT molecular complexity index is 977. The number of dihydropyridines is 1. The maximum Gasteiger partial charge on any atom is 0.336 e. The molecule has 0 fully saturated rings. The molecule has 1 aromatic carbocycles. The van der Waals surface area contributed by atoms with Gasteiger partial charge in [0.25, 0.3) is 5.69 Å². The highest BCUT2D eigenvalue weighted by Crippen LogP contribution is 2.49. The Kier molecular flexibility index (Phi) is 5.54. The number of carbonyl (C=O) groups is 2. The van der Waals surface area contributed by atoms with Gasteiger partial charge in [-0.15, -0.1) is 0 Å². The van der Waals surface area contributed by atoms with Crippen LogP contribution in [0.1, 0.15) is 52.0 Å². The second-order valence-electron chi connectivity index (χ2n) is 7.88. The smallest absolute Gasteiger partial charge is 0.336 e. The molecule has 1 N–H and O–H groups in total. The maximum absolute atomic E-state index is 13.4. The Labute approximate surface area is 173 Å². The van der Waals surface area contributed by atoms with Crippen molar-refractivity contribution < 1.29 is 19.2 Å². The summed E-state index contributed by atoms with van der Waals surface area (Å²) in [6.07, 6.45) is 1.25. The first kappa shape index (κ1) is 21.0. The number of hydrogen-bond acceptors (Lipinski definition) is 6. The second kappa shape index (κ2) is 7.63. The highest BCUT2D eigenvalue weighted by Gasteiger charge is 2.46. The van der Waals surface area contributed by atoms with Crippen molar-refractivity contribution in [2.24, 2.45) is 5.41 Å². The number of hydrogen-bond donors (Lipinski definition) is 1. The number of nitrogens with zero attached hydrogens (tertiary/aromatic N) is 1. The predicted octanol–water partition coefficient (Wildman–Crippen LogP) is 4.42. The number of nitrogens with one attached hydrogen (secondary N) is 1. The number of allylic oxidation sites excluding steroid dienone is 3. The van der Waals surface area contributed by atoms with Crippen LogP contribution in [0, 0.1) is 15.5 Å². The van der Waals surface area contributed by atoms with Crippen LogP contribution in [0.3, 0.4) is 0 Å². The molecule has 3 rings (SSSR count). The van der Waals surface area contributed by atoms with E-state index in [1.807, 2.05) is 13.8 Å². The van der Waals surface area contributed by atoms with E-state index >= 15 is 0 Å². The van der Waals surface area contributed by atoms with Crippen molar-refractivity contribution in [3.05, 3.63) is 61.4 Å². The fourth-order valence-corrected chi connectivity index (χ4v) is 4.17. The molecule has 1 aliphatic heterocycles. The quantitative estimate of drug-likeness (QED) is 0.441. The number of nitro benzene ring substituents is 1. The summed E-state index contributed by atoms with van der Waals surface area (Å²) in [7, 11) is 0. The van der Waals surface area contributed by atoms with Crippen LogP contribution in [0.2, 0.25) is 5.02 Å². The van der Waals surface area contributed by atoms with Crippen LogP contribution in [0.15, 0.2) is 40.7 Å². The Morgan fingerprint density at radius 2 is 2.10 bits per heavy atom. The third-order valence-electron chi connectivity index (χ3n) is 5.50. The second-order valence-corrected chi connectivity index (χ2v) is 8.32. The van der Waals surface area contributed by atoms with Gasteiger partial charge >= 0.3 is 5.97 Å². The molecule has 0 radical (unpaired) electrons. The zero-order chi connectivity index (χ0) is 21.5. The van der Waals surface area contributed by atoms with Gasteiger partial charge in [-0.25, -0.2) is 4.79 Å². The van der Waals surface area contributed by atoms with Gasteiger partial charge < -0.3 is 10.1 Å². The van der Waals surface area contributed by atoms with Gasteiger partial charge in [0.05, 0.1) is 23.0 Å². The Balaban J connectivity index is 2.32. The van der Waals surface area contributed by atoms with E-state index in [1.54, 1.807) is 13.8 Å². The molecule has 8 heteroatoms. The fourth-order valence-electron chi connectivity index (χ4n) is 3.99. The van der Waals surface area contributed by atoms with Crippen LogP contribution in [-0.4, -0.2) is 23.3 Å². The fraction of sp³-hybridized carbons (Fsp3) is 0.429. The summed E-state index contributed by atoms with van der Waals surface area (Å²) in [5, 5.41) is 15.2. The third kappa shape index (κ3) is 3.67. The Hall–Kier alpha value is -2.67. The minimum atomic E-state index is -0.920. The largest absolute Gasteiger partial charge is 0.463 e. The van der Waals surface area contributed by atoms with Crippen molar-refractivity contribution in [2.45, 2.75) is 46.5 Å². The first-order valence-electron chi connectivity index (χ1n) is 9.45. The van der Waals surface area contributed by atoms with Gasteiger partial charge in [0.15, 0.2) is 5.78 Å². The van der Waals surface area contributed by atoms with E-state index in [0.717, 1.165) is 0 Å². The molecule has 1 atom stereocenters. The molecule has 0 aromatic heterocycles. The van der Waals surface area contributed by atoms with E-state index in [4.69, 9.17) is 16.3 Å². The Morgan fingerprint density at radius 1 is 1.41 bits per heavy atom. The molecule has 0 spiro atoms. The van der Waals surface area contributed by atoms with E-state index in [0.29, 0.717) is 29.8 Å². The third-order valence-corrected chi connectivity index (χ3v) is 5.73. The molecule has 7 nitrogen and oxygen atoms in total. The summed E-state index contributed by atoms with van der Waals surface area (Å²) in [6, 6.07) is 4.19. The van der Waals surface area contributed by atoms with Gasteiger partial charge in [-0.1, -0.05) is 25.4 Å². The highest BCUT2D eigenvalue weighted by molar-refractivity contribution is 6.30. The van der Waals surface area contributed by atoms with Gasteiger partial charge in [-0.2, -0.15) is 0 Å². The SMILES string of the molecule is CCOC(=O)C1=C(C)NC2=C(C(=O)C(C)(C)CC2)C1c1cc(Cl)ccc1[N+](=O)[O-]. The lowest BCUT2D eigenvalue weighted by molar-refractivity contribution is -0.385. The zero-order valence-electron chi connectivity index (χ0n) is 16.8. The normalized spacial score (nSPS) is 20.9. The van der Waals surface area contributed by atoms with Crippen LogP contribution in [0.25, 0.3) is 0 Å². The number of rotatable bonds is 4. The molecule has 154 valence electrons. The number of Topliss-reactive ketones (excluding diaryl/α,β-unsaturated/α-hetero) is 1. The van der Waals surface area contributed by atoms with Gasteiger partial charge in [0, 0.05) is 39.0 Å². The molecule has 1 aromatic rings. The van der Waals surface area contributed by atoms with Crippen molar-refractivity contribution in [2.75, 3.05) is 6.61 Å². The molecule has 2 aliphatic rings. The number of carbonyl (C=O) groups excluding carboxylic acids is 2. The number of halogens is 1. The van der Waals surface area contributed by atoms with Crippen LogP contribution in [0.4, 0.5) is 5.69 Å². The number of ether oxygens (including phenoxy) is 1. The first-order chi connectivity index (χ1) is 13.6. The molecule has 29 heavy (non-hydrogen) atoms. The molecular formula is C21H23ClN2O5. The molecule has 1 aliphatic carbocycles. The minimum Gasteiger partial charge on any atom is -0.463 e. The van der Waals surface area contributed by atoms with E-state index in [1.165, 1.54) is 18.2 Å². The summed E-state index contributed by atoms with van der Waals surface area (Å²) in [6.45, 7) is 7.23. The lowest BCUT2D eigenvalue weighted by atomic mass is 9.67. The van der Waals surface area contributed by atoms with E-state index < -0.39 is 22.2 Å². The number of esters is 1. The van der Waals surface area contributed by atoms with Gasteiger partial charge in [0.1, 0.15) is 0 Å². The van der Waals surface area contributed by atoms with Gasteiger partial charge in [-0.05, 0) is 38.8 Å². The monoisotopic (exact) mass is 418 g/mol. The molecule has 0 saturated carbocycles. The molecule has 1 heterocycles. The summed E-state index contributed by atoms with van der Waals surface area (Å²) in [5.41, 5.74) is 1.16. The van der Waals surface area contributed by atoms with Crippen LogP contribution >= 0.6 is 11.6 Å². The van der Waals surface area contributed by atoms with Crippen molar-refractivity contribution >= 4 is 29.0 Å². The summed E-state index contributed by atoms with van der Waals surface area (Å²) in [4.78, 5) is 37.5. The summed E-state index contributed by atoms with van der Waals surface area (Å²) < 4.78 is 5.23. The minimum absolute atomic E-state index is 0.139. The molecular weight excluding hydrogens is 396 g/mol. The van der Waals surface area contributed by atoms with Crippen LogP contribution < -0.4 is 5.32 Å². The first-order valence-corrected chi connectivity index (χ1v) is 9.83. The molecule has 1 unspecified atom stereocenters. The summed E-state index contributed by atoms with van der Waals surface area (Å²) >= 11 is 6.16. The van der Waals surface area contributed by atoms with Crippen LogP contribution in [0.5, 0.6) is 0 Å². The topological polar surface area (TPSA) is 98.5 Å². The predicted molar refractivity (Wildman–Crippen MR) is 108 cm³/mol. The van der Waals surface area contributed by atoms with E-state index in [2.05, 4.69) is 5.32 Å². The average molecular weight is 419 g/mol. The van der Waals surface area contributed by atoms with Crippen LogP contribution in [-0.2, 0) is 14.3 Å². The van der Waals surface area contributed by atoms with Crippen molar-refractivity contribution in [1.29, 1.82) is 0 Å². The molecule has 0 saturated heterocycles. The maximum atomic E-state index is 13.4. The molecule has 0 amide bonds. The number of ketones is 1. The summed E-state index contributed by atoms with van der Waals surface area (Å²) in [5.74, 6) is -1.67. The number of benzene rings is 1. The Morgan fingerprint density at radius 3 is 2.72 bits per heavy atom. The standard InChI is InChI=1S/C21H23ClN2O5/c1-5-29-20(26)16-11(2)23-14-8-9-21(3,4)19(25)18(14)17(16)13-10-12(22)6-7-15(13)24(27)28/h6-7,10,17,23H,5,8-9H2,1-4H3. The average Bonchev–Trinajstić information content (AvgIpc) is 2.64. The van der Waals surface area contributed by atoms with Crippen molar-refractivity contribution in [1.82, 2.24) is 5.32 Å². The number of nitro groups is 1. The van der Waals surface area contributed by atoms with Gasteiger partial charge in [0.2, 0.25) is 0 Å². The van der Waals surface area contributed by atoms with E-state index in [-0.39, 0.29) is 34.2 Å². The van der Waals surface area contributed by atoms with Gasteiger partial charge in [-0.3, -0.25) is 14.9 Å². The lowest BCUT2D eigenvalue weighted by Crippen LogP contribution is -2.40. The molecule has 0 bridgehead atoms. The zero-order valence-corrected chi connectivity index (χ0v) is 17.6. The lowest BCUT2D eigenvalue weighted by Gasteiger charge is -2.39. The van der Waals surface area contributed by atoms with Crippen molar-refractivity contribution in [3.8, 4) is 0 Å². The highest BCUT2D eigenvalue weighted by atomic mass is 35.5. The van der Waals surface area contributed by atoms with E-state index in [9.17, 15) is 19.7 Å². The van der Waals surface area contributed by atoms with Crippen molar-refractivity contribution in [3.63, 3.8) is 0 Å².